The zero-order chi connectivity index (χ0) is 14.4. The Hall–Kier alpha value is -2.50. The molecular weight excluding hydrogens is 254 g/mol. The summed E-state index contributed by atoms with van der Waals surface area (Å²) in [5.74, 6) is 0.422. The van der Waals surface area contributed by atoms with Gasteiger partial charge in [0.15, 0.2) is 5.69 Å². The van der Waals surface area contributed by atoms with Crippen LogP contribution in [0.15, 0.2) is 30.6 Å². The molecule has 2 heterocycles. The van der Waals surface area contributed by atoms with Crippen molar-refractivity contribution in [1.29, 1.82) is 0 Å². The minimum Gasteiger partial charge on any atom is -0.364 e. The van der Waals surface area contributed by atoms with Crippen LogP contribution in [0.3, 0.4) is 0 Å². The van der Waals surface area contributed by atoms with Gasteiger partial charge in [-0.1, -0.05) is 0 Å². The molecule has 2 aromatic rings. The maximum atomic E-state index is 11.5. The van der Waals surface area contributed by atoms with Crippen LogP contribution in [0.5, 0.6) is 0 Å². The molecule has 2 aromatic heterocycles. The van der Waals surface area contributed by atoms with Crippen LogP contribution < -0.4 is 10.6 Å². The number of nitrogens with one attached hydrogen (secondary N) is 2. The molecule has 6 heteroatoms. The van der Waals surface area contributed by atoms with Crippen LogP contribution in [-0.2, 0) is 6.54 Å². The van der Waals surface area contributed by atoms with Crippen LogP contribution in [0.2, 0.25) is 0 Å². The van der Waals surface area contributed by atoms with Crippen molar-refractivity contribution in [3.05, 3.63) is 47.4 Å². The number of amides is 1. The fraction of sp³-hybridized carbons (Fsp3) is 0.286. The lowest BCUT2D eigenvalue weighted by atomic mass is 10.1. The highest BCUT2D eigenvalue weighted by atomic mass is 16.1. The van der Waals surface area contributed by atoms with E-state index in [2.05, 4.69) is 25.8 Å². The molecule has 104 valence electrons. The van der Waals surface area contributed by atoms with Crippen LogP contribution in [0.4, 0.5) is 5.82 Å². The summed E-state index contributed by atoms with van der Waals surface area (Å²) in [6.07, 6.45) is 3.58. The van der Waals surface area contributed by atoms with Gasteiger partial charge in [0.05, 0.1) is 0 Å². The molecule has 0 aliphatic rings. The lowest BCUT2D eigenvalue weighted by molar-refractivity contribution is 0.0950. The maximum absolute atomic E-state index is 11.5. The van der Waals surface area contributed by atoms with Gasteiger partial charge in [0.1, 0.15) is 5.82 Å². The lowest BCUT2D eigenvalue weighted by Gasteiger charge is -2.07. The van der Waals surface area contributed by atoms with Crippen molar-refractivity contribution in [2.75, 3.05) is 11.9 Å². The minimum atomic E-state index is -0.212. The van der Waals surface area contributed by atoms with E-state index in [-0.39, 0.29) is 5.91 Å². The Morgan fingerprint density at radius 2 is 2.10 bits per heavy atom. The van der Waals surface area contributed by atoms with Crippen molar-refractivity contribution in [3.63, 3.8) is 0 Å². The number of anilines is 1. The zero-order valence-corrected chi connectivity index (χ0v) is 11.6. The van der Waals surface area contributed by atoms with Crippen LogP contribution in [0.1, 0.15) is 28.5 Å². The number of pyridine rings is 1. The molecule has 6 nitrogen and oxygen atoms in total. The fourth-order valence-electron chi connectivity index (χ4n) is 1.69. The molecule has 0 bridgehead atoms. The molecule has 0 fully saturated rings. The standard InChI is InChI=1S/C14H17N5O/c1-3-16-14(20)12-4-5-13(19-18-12)17-9-11-6-7-15-8-10(11)2/h4-8H,3,9H2,1-2H3,(H,16,20)(H,17,19). The fourth-order valence-corrected chi connectivity index (χ4v) is 1.69. The van der Waals surface area contributed by atoms with E-state index >= 15 is 0 Å². The third-order valence-electron chi connectivity index (χ3n) is 2.83. The minimum absolute atomic E-state index is 0.212. The molecule has 1 amide bonds. The normalized spacial score (nSPS) is 10.1. The topological polar surface area (TPSA) is 79.8 Å². The van der Waals surface area contributed by atoms with Crippen molar-refractivity contribution >= 4 is 11.7 Å². The molecule has 20 heavy (non-hydrogen) atoms. The van der Waals surface area contributed by atoms with Gasteiger partial charge in [0, 0.05) is 25.5 Å². The number of hydrogen-bond donors (Lipinski definition) is 2. The first kappa shape index (κ1) is 13.9. The second kappa shape index (κ2) is 6.60. The SMILES string of the molecule is CCNC(=O)c1ccc(NCc2ccncc2C)nn1. The third kappa shape index (κ3) is 3.50. The van der Waals surface area contributed by atoms with E-state index in [1.807, 2.05) is 26.1 Å². The summed E-state index contributed by atoms with van der Waals surface area (Å²) in [6, 6.07) is 5.35. The monoisotopic (exact) mass is 271 g/mol. The molecule has 0 aliphatic carbocycles. The summed E-state index contributed by atoms with van der Waals surface area (Å²) in [5, 5.41) is 13.7. The molecule has 2 N–H and O–H groups in total. The number of aromatic nitrogens is 3. The molecule has 0 atom stereocenters. The first-order valence-electron chi connectivity index (χ1n) is 6.46. The van der Waals surface area contributed by atoms with Gasteiger partial charge in [-0.25, -0.2) is 0 Å². The predicted molar refractivity (Wildman–Crippen MR) is 76.3 cm³/mol. The van der Waals surface area contributed by atoms with E-state index in [1.165, 1.54) is 0 Å². The molecule has 0 saturated heterocycles. The van der Waals surface area contributed by atoms with Gasteiger partial charge in [0.2, 0.25) is 0 Å². The molecule has 0 saturated carbocycles. The van der Waals surface area contributed by atoms with E-state index in [0.29, 0.717) is 24.6 Å². The average Bonchev–Trinajstić information content (AvgIpc) is 2.47. The van der Waals surface area contributed by atoms with Crippen LogP contribution in [0.25, 0.3) is 0 Å². The lowest BCUT2D eigenvalue weighted by Crippen LogP contribution is -2.24. The summed E-state index contributed by atoms with van der Waals surface area (Å²) in [4.78, 5) is 15.6. The summed E-state index contributed by atoms with van der Waals surface area (Å²) in [5.41, 5.74) is 2.58. The van der Waals surface area contributed by atoms with Crippen molar-refractivity contribution in [2.24, 2.45) is 0 Å². The second-order valence-corrected chi connectivity index (χ2v) is 4.32. The summed E-state index contributed by atoms with van der Waals surface area (Å²) in [6.45, 7) is 5.08. The van der Waals surface area contributed by atoms with Gasteiger partial charge in [-0.3, -0.25) is 9.78 Å². The Balaban J connectivity index is 1.98. The Morgan fingerprint density at radius 3 is 2.75 bits per heavy atom. The number of nitrogens with zero attached hydrogens (tertiary/aromatic N) is 3. The molecule has 0 unspecified atom stereocenters. The van der Waals surface area contributed by atoms with E-state index < -0.39 is 0 Å². The summed E-state index contributed by atoms with van der Waals surface area (Å²) < 4.78 is 0. The number of rotatable bonds is 5. The van der Waals surface area contributed by atoms with Crippen molar-refractivity contribution in [2.45, 2.75) is 20.4 Å². The van der Waals surface area contributed by atoms with E-state index in [1.54, 1.807) is 18.3 Å². The highest BCUT2D eigenvalue weighted by Crippen LogP contribution is 2.08. The second-order valence-electron chi connectivity index (χ2n) is 4.32. The van der Waals surface area contributed by atoms with Gasteiger partial charge >= 0.3 is 0 Å². The summed E-state index contributed by atoms with van der Waals surface area (Å²) in [7, 11) is 0. The van der Waals surface area contributed by atoms with Crippen LogP contribution in [-0.4, -0.2) is 27.6 Å². The number of carbonyl (C=O) groups is 1. The number of carbonyl (C=O) groups excluding carboxylic acids is 1. The van der Waals surface area contributed by atoms with Crippen LogP contribution >= 0.6 is 0 Å². The van der Waals surface area contributed by atoms with Crippen molar-refractivity contribution in [1.82, 2.24) is 20.5 Å². The molecule has 0 aliphatic heterocycles. The number of hydrogen-bond acceptors (Lipinski definition) is 5. The van der Waals surface area contributed by atoms with Gasteiger partial charge in [0.25, 0.3) is 5.91 Å². The molecule has 0 aromatic carbocycles. The highest BCUT2D eigenvalue weighted by molar-refractivity contribution is 5.92. The van der Waals surface area contributed by atoms with Gasteiger partial charge < -0.3 is 10.6 Å². The molecule has 0 radical (unpaired) electrons. The Kier molecular flexibility index (Phi) is 4.60. The van der Waals surface area contributed by atoms with E-state index in [0.717, 1.165) is 11.1 Å². The Labute approximate surface area is 117 Å². The average molecular weight is 271 g/mol. The zero-order valence-electron chi connectivity index (χ0n) is 11.6. The van der Waals surface area contributed by atoms with E-state index in [4.69, 9.17) is 0 Å². The predicted octanol–water partition coefficient (Wildman–Crippen LogP) is 1.54. The highest BCUT2D eigenvalue weighted by Gasteiger charge is 2.06. The largest absolute Gasteiger partial charge is 0.364 e. The molecular formula is C14H17N5O. The van der Waals surface area contributed by atoms with Crippen LogP contribution in [0, 0.1) is 6.92 Å². The Bertz CT molecular complexity index is 582. The van der Waals surface area contributed by atoms with Gasteiger partial charge in [-0.05, 0) is 43.2 Å². The number of aryl methyl sites for hydroxylation is 1. The quantitative estimate of drug-likeness (QED) is 0.862. The van der Waals surface area contributed by atoms with Crippen molar-refractivity contribution < 1.29 is 4.79 Å². The van der Waals surface area contributed by atoms with Gasteiger partial charge in [-0.15, -0.1) is 10.2 Å². The van der Waals surface area contributed by atoms with Gasteiger partial charge in [-0.2, -0.15) is 0 Å². The smallest absolute Gasteiger partial charge is 0.271 e. The maximum Gasteiger partial charge on any atom is 0.271 e. The Morgan fingerprint density at radius 1 is 1.25 bits per heavy atom. The summed E-state index contributed by atoms with van der Waals surface area (Å²) >= 11 is 0. The molecule has 0 spiro atoms. The first-order valence-corrected chi connectivity index (χ1v) is 6.46. The van der Waals surface area contributed by atoms with Crippen molar-refractivity contribution in [3.8, 4) is 0 Å². The molecule has 2 rings (SSSR count). The third-order valence-corrected chi connectivity index (χ3v) is 2.83. The first-order chi connectivity index (χ1) is 9.70. The van der Waals surface area contributed by atoms with E-state index in [9.17, 15) is 4.79 Å².